The molecule has 0 atom stereocenters. The quantitative estimate of drug-likeness (QED) is 0.322. The average Bonchev–Trinajstić information content (AvgIpc) is 3.52. The summed E-state index contributed by atoms with van der Waals surface area (Å²) < 4.78 is 56.9. The Balaban J connectivity index is 1.45. The van der Waals surface area contributed by atoms with Crippen LogP contribution in [0.2, 0.25) is 0 Å². The van der Waals surface area contributed by atoms with Gasteiger partial charge in [-0.2, -0.15) is 13.2 Å². The number of halogens is 3. The maximum absolute atomic E-state index is 13.7. The summed E-state index contributed by atoms with van der Waals surface area (Å²) in [4.78, 5) is 24.6. The van der Waals surface area contributed by atoms with E-state index in [-0.39, 0.29) is 23.8 Å². The summed E-state index contributed by atoms with van der Waals surface area (Å²) in [6.45, 7) is 1.98. The van der Waals surface area contributed by atoms with Crippen molar-refractivity contribution in [3.63, 3.8) is 0 Å². The largest absolute Gasteiger partial charge is 0.486 e. The molecule has 0 bridgehead atoms. The van der Waals surface area contributed by atoms with Crippen LogP contribution in [-0.2, 0) is 12.8 Å². The standard InChI is InChI=1S/C25H19F3N2O5/c1-15-4-7-17(8-5-15)34-14-18-9-11-22(35-18)24(32)30-20-10-6-16(13-19(20)25(26,27)28)29-23(31)21-3-2-12-33-21/h2-13H,14H2,1H3,(H,29,31)(H,30,32). The zero-order chi connectivity index (χ0) is 25.0. The second-order valence-corrected chi connectivity index (χ2v) is 7.51. The van der Waals surface area contributed by atoms with Gasteiger partial charge in [-0.05, 0) is 61.5 Å². The summed E-state index contributed by atoms with van der Waals surface area (Å²) in [5.41, 5.74) is -0.685. The maximum atomic E-state index is 13.7. The highest BCUT2D eigenvalue weighted by Crippen LogP contribution is 2.37. The number of anilines is 2. The van der Waals surface area contributed by atoms with Gasteiger partial charge in [0.2, 0.25) is 0 Å². The van der Waals surface area contributed by atoms with Gasteiger partial charge >= 0.3 is 6.18 Å². The van der Waals surface area contributed by atoms with E-state index in [9.17, 15) is 22.8 Å². The number of rotatable bonds is 7. The number of ether oxygens (including phenoxy) is 1. The van der Waals surface area contributed by atoms with Gasteiger partial charge in [-0.1, -0.05) is 17.7 Å². The summed E-state index contributed by atoms with van der Waals surface area (Å²) in [7, 11) is 0. The molecule has 4 rings (SSSR count). The van der Waals surface area contributed by atoms with Crippen molar-refractivity contribution >= 4 is 23.2 Å². The van der Waals surface area contributed by atoms with Crippen LogP contribution in [0.1, 0.15) is 38.0 Å². The third-order valence-corrected chi connectivity index (χ3v) is 4.86. The van der Waals surface area contributed by atoms with E-state index in [1.807, 2.05) is 19.1 Å². The van der Waals surface area contributed by atoms with Gasteiger partial charge in [0.1, 0.15) is 18.1 Å². The lowest BCUT2D eigenvalue weighted by atomic mass is 10.1. The van der Waals surface area contributed by atoms with Crippen LogP contribution >= 0.6 is 0 Å². The van der Waals surface area contributed by atoms with Crippen LogP contribution in [-0.4, -0.2) is 11.8 Å². The molecule has 0 fully saturated rings. The molecule has 0 saturated heterocycles. The van der Waals surface area contributed by atoms with E-state index in [0.717, 1.165) is 17.7 Å². The Morgan fingerprint density at radius 1 is 0.914 bits per heavy atom. The molecule has 10 heteroatoms. The molecular weight excluding hydrogens is 465 g/mol. The van der Waals surface area contributed by atoms with Crippen molar-refractivity contribution in [2.75, 3.05) is 10.6 Å². The molecule has 4 aromatic rings. The van der Waals surface area contributed by atoms with E-state index in [0.29, 0.717) is 11.5 Å². The van der Waals surface area contributed by atoms with Crippen molar-refractivity contribution in [3.05, 3.63) is 101 Å². The normalized spacial score (nSPS) is 11.2. The predicted molar refractivity (Wildman–Crippen MR) is 120 cm³/mol. The lowest BCUT2D eigenvalue weighted by molar-refractivity contribution is -0.136. The smallest absolute Gasteiger partial charge is 0.418 e. The molecule has 2 N–H and O–H groups in total. The first-order chi connectivity index (χ1) is 16.7. The topological polar surface area (TPSA) is 93.7 Å². The Hall–Kier alpha value is -4.47. The Bertz CT molecular complexity index is 1330. The van der Waals surface area contributed by atoms with Crippen LogP contribution < -0.4 is 15.4 Å². The molecular formula is C25H19F3N2O5. The summed E-state index contributed by atoms with van der Waals surface area (Å²) in [5.74, 6) is -0.901. The number of amides is 2. The van der Waals surface area contributed by atoms with Gasteiger partial charge in [0, 0.05) is 5.69 Å². The SMILES string of the molecule is Cc1ccc(OCc2ccc(C(=O)Nc3ccc(NC(=O)c4ccco4)cc3C(F)(F)F)o2)cc1. The monoisotopic (exact) mass is 484 g/mol. The molecule has 0 radical (unpaired) electrons. The van der Waals surface area contributed by atoms with Gasteiger partial charge in [-0.25, -0.2) is 0 Å². The number of hydrogen-bond donors (Lipinski definition) is 2. The Kier molecular flexibility index (Phi) is 6.63. The number of aryl methyl sites for hydroxylation is 1. The maximum Gasteiger partial charge on any atom is 0.418 e. The summed E-state index contributed by atoms with van der Waals surface area (Å²) in [5, 5.41) is 4.54. The fourth-order valence-corrected chi connectivity index (χ4v) is 3.12. The number of carbonyl (C=O) groups excluding carboxylic acids is 2. The van der Waals surface area contributed by atoms with Gasteiger partial charge in [-0.3, -0.25) is 9.59 Å². The van der Waals surface area contributed by atoms with E-state index < -0.39 is 29.2 Å². The molecule has 0 aliphatic heterocycles. The van der Waals surface area contributed by atoms with E-state index in [1.165, 1.54) is 36.6 Å². The number of benzene rings is 2. The fraction of sp³-hybridized carbons (Fsp3) is 0.120. The molecule has 180 valence electrons. The van der Waals surface area contributed by atoms with Crippen LogP contribution in [0.4, 0.5) is 24.5 Å². The molecule has 2 aromatic heterocycles. The second-order valence-electron chi connectivity index (χ2n) is 7.51. The minimum absolute atomic E-state index is 0.0359. The first kappa shape index (κ1) is 23.7. The average molecular weight is 484 g/mol. The van der Waals surface area contributed by atoms with Crippen molar-refractivity contribution in [3.8, 4) is 5.75 Å². The number of nitrogens with one attached hydrogen (secondary N) is 2. The highest BCUT2D eigenvalue weighted by molar-refractivity contribution is 6.04. The molecule has 2 aromatic carbocycles. The Morgan fingerprint density at radius 2 is 1.66 bits per heavy atom. The van der Waals surface area contributed by atoms with Crippen molar-refractivity contribution < 1.29 is 36.3 Å². The molecule has 35 heavy (non-hydrogen) atoms. The number of furan rings is 2. The van der Waals surface area contributed by atoms with Crippen molar-refractivity contribution in [2.45, 2.75) is 19.7 Å². The minimum Gasteiger partial charge on any atom is -0.486 e. The van der Waals surface area contributed by atoms with Gasteiger partial charge < -0.3 is 24.2 Å². The number of hydrogen-bond acceptors (Lipinski definition) is 5. The lowest BCUT2D eigenvalue weighted by Crippen LogP contribution is -2.17. The van der Waals surface area contributed by atoms with Crippen LogP contribution in [0.15, 0.2) is 81.8 Å². The number of alkyl halides is 3. The third-order valence-electron chi connectivity index (χ3n) is 4.86. The summed E-state index contributed by atoms with van der Waals surface area (Å²) in [6, 6.07) is 16.0. The highest BCUT2D eigenvalue weighted by atomic mass is 19.4. The summed E-state index contributed by atoms with van der Waals surface area (Å²) >= 11 is 0. The van der Waals surface area contributed by atoms with Gasteiger partial charge in [0.15, 0.2) is 11.5 Å². The second kappa shape index (κ2) is 9.80. The van der Waals surface area contributed by atoms with Gasteiger partial charge in [-0.15, -0.1) is 0 Å². The summed E-state index contributed by atoms with van der Waals surface area (Å²) in [6.07, 6.45) is -3.53. The van der Waals surface area contributed by atoms with Crippen LogP contribution in [0.5, 0.6) is 5.75 Å². The minimum atomic E-state index is -4.80. The first-order valence-corrected chi connectivity index (χ1v) is 10.3. The molecule has 0 spiro atoms. The molecule has 2 amide bonds. The molecule has 0 aliphatic rings. The zero-order valence-corrected chi connectivity index (χ0v) is 18.3. The van der Waals surface area contributed by atoms with E-state index in [2.05, 4.69) is 10.6 Å². The lowest BCUT2D eigenvalue weighted by Gasteiger charge is -2.15. The van der Waals surface area contributed by atoms with E-state index in [4.69, 9.17) is 13.6 Å². The Morgan fingerprint density at radius 3 is 2.34 bits per heavy atom. The number of carbonyl (C=O) groups is 2. The van der Waals surface area contributed by atoms with Crippen molar-refractivity contribution in [1.29, 1.82) is 0 Å². The zero-order valence-electron chi connectivity index (χ0n) is 18.3. The molecule has 0 aliphatic carbocycles. The van der Waals surface area contributed by atoms with E-state index >= 15 is 0 Å². The fourth-order valence-electron chi connectivity index (χ4n) is 3.12. The molecule has 0 saturated carbocycles. The third kappa shape index (κ3) is 5.91. The van der Waals surface area contributed by atoms with Crippen LogP contribution in [0.25, 0.3) is 0 Å². The molecule has 0 unspecified atom stereocenters. The van der Waals surface area contributed by atoms with E-state index in [1.54, 1.807) is 12.1 Å². The molecule has 2 heterocycles. The van der Waals surface area contributed by atoms with Crippen LogP contribution in [0.3, 0.4) is 0 Å². The predicted octanol–water partition coefficient (Wildman–Crippen LogP) is 6.28. The van der Waals surface area contributed by atoms with Gasteiger partial charge in [0.25, 0.3) is 11.8 Å². The van der Waals surface area contributed by atoms with Crippen molar-refractivity contribution in [1.82, 2.24) is 0 Å². The molecule has 7 nitrogen and oxygen atoms in total. The van der Waals surface area contributed by atoms with Crippen LogP contribution in [0, 0.1) is 6.92 Å². The van der Waals surface area contributed by atoms with Crippen molar-refractivity contribution in [2.24, 2.45) is 0 Å². The highest BCUT2D eigenvalue weighted by Gasteiger charge is 2.34. The Labute approximate surface area is 197 Å². The first-order valence-electron chi connectivity index (χ1n) is 10.3. The van der Waals surface area contributed by atoms with Gasteiger partial charge in [0.05, 0.1) is 17.5 Å².